The first kappa shape index (κ1) is 20.2. The van der Waals surface area contributed by atoms with Gasteiger partial charge in [0.15, 0.2) is 0 Å². The maximum Gasteiger partial charge on any atom is 0.277 e. The summed E-state index contributed by atoms with van der Waals surface area (Å²) in [6, 6.07) is 4.99. The highest BCUT2D eigenvalue weighted by Gasteiger charge is 2.43. The molecule has 1 saturated heterocycles. The lowest BCUT2D eigenvalue weighted by molar-refractivity contribution is -0.138. The highest BCUT2D eigenvalue weighted by molar-refractivity contribution is 6.41. The van der Waals surface area contributed by atoms with Gasteiger partial charge in [0.1, 0.15) is 5.70 Å². The Hall–Kier alpha value is -1.56. The van der Waals surface area contributed by atoms with Gasteiger partial charge in [0, 0.05) is 30.2 Å². The molecule has 27 heavy (non-hydrogen) atoms. The average molecular weight is 411 g/mol. The molecule has 3 rings (SSSR count). The Morgan fingerprint density at radius 2 is 1.78 bits per heavy atom. The Balaban J connectivity index is 2.09. The third-order valence-electron chi connectivity index (χ3n) is 4.82. The fourth-order valence-electron chi connectivity index (χ4n) is 3.67. The Kier molecular flexibility index (Phi) is 6.14. The summed E-state index contributed by atoms with van der Waals surface area (Å²) in [5.74, 6) is -0.546. The van der Waals surface area contributed by atoms with Gasteiger partial charge in [0.25, 0.3) is 11.8 Å². The molecule has 2 unspecified atom stereocenters. The number of morpholine rings is 1. The van der Waals surface area contributed by atoms with Crippen LogP contribution in [0.25, 0.3) is 5.57 Å². The molecule has 2 atom stereocenters. The summed E-state index contributed by atoms with van der Waals surface area (Å²) in [5, 5.41) is 0.849. The van der Waals surface area contributed by atoms with Crippen LogP contribution < -0.4 is 0 Å². The van der Waals surface area contributed by atoms with Gasteiger partial charge in [-0.05, 0) is 32.4 Å². The van der Waals surface area contributed by atoms with Crippen molar-refractivity contribution in [3.05, 3.63) is 39.5 Å². The van der Waals surface area contributed by atoms with E-state index in [1.165, 1.54) is 4.90 Å². The van der Waals surface area contributed by atoms with Crippen LogP contribution in [0, 0.1) is 0 Å². The van der Waals surface area contributed by atoms with E-state index in [0.29, 0.717) is 46.5 Å². The van der Waals surface area contributed by atoms with E-state index in [0.717, 1.165) is 12.8 Å². The third-order valence-corrected chi connectivity index (χ3v) is 5.36. The molecule has 0 saturated carbocycles. The minimum Gasteiger partial charge on any atom is -0.372 e. The molecule has 0 bridgehead atoms. The summed E-state index contributed by atoms with van der Waals surface area (Å²) >= 11 is 12.4. The van der Waals surface area contributed by atoms with Crippen molar-refractivity contribution in [2.75, 3.05) is 19.6 Å². The number of halogens is 2. The zero-order valence-corrected chi connectivity index (χ0v) is 17.3. The molecule has 5 nitrogen and oxygen atoms in total. The zero-order chi connectivity index (χ0) is 19.7. The predicted octanol–water partition coefficient (Wildman–Crippen LogP) is 3.98. The van der Waals surface area contributed by atoms with Crippen molar-refractivity contribution >= 4 is 40.6 Å². The van der Waals surface area contributed by atoms with Crippen LogP contribution >= 0.6 is 23.2 Å². The van der Waals surface area contributed by atoms with E-state index in [-0.39, 0.29) is 24.0 Å². The first-order valence-electron chi connectivity index (χ1n) is 9.29. The van der Waals surface area contributed by atoms with Gasteiger partial charge in [-0.1, -0.05) is 42.6 Å². The number of ether oxygens (including phenoxy) is 1. The summed E-state index contributed by atoms with van der Waals surface area (Å²) < 4.78 is 5.79. The lowest BCUT2D eigenvalue weighted by Crippen LogP contribution is -2.47. The number of rotatable bonds is 5. The van der Waals surface area contributed by atoms with Crippen molar-refractivity contribution < 1.29 is 14.3 Å². The Morgan fingerprint density at radius 1 is 1.11 bits per heavy atom. The molecule has 0 spiro atoms. The molecule has 0 aliphatic carbocycles. The SMILES string of the molecule is CCCCN1C(=O)C(c2ccc(Cl)cc2Cl)=C(N2CC(C)OC(C)C2)C1=O. The monoisotopic (exact) mass is 410 g/mol. The largest absolute Gasteiger partial charge is 0.372 e. The number of hydrogen-bond donors (Lipinski definition) is 0. The summed E-state index contributed by atoms with van der Waals surface area (Å²) in [6.45, 7) is 7.47. The van der Waals surface area contributed by atoms with Gasteiger partial charge in [0.05, 0.1) is 22.8 Å². The lowest BCUT2D eigenvalue weighted by Gasteiger charge is -2.37. The number of carbonyl (C=O) groups is 2. The second-order valence-corrected chi connectivity index (χ2v) is 7.97. The molecule has 1 aromatic rings. The zero-order valence-electron chi connectivity index (χ0n) is 15.8. The Labute approximate surface area is 169 Å². The third kappa shape index (κ3) is 4.00. The molecule has 2 heterocycles. The van der Waals surface area contributed by atoms with Crippen molar-refractivity contribution in [2.24, 2.45) is 0 Å². The van der Waals surface area contributed by atoms with E-state index >= 15 is 0 Å². The highest BCUT2D eigenvalue weighted by atomic mass is 35.5. The van der Waals surface area contributed by atoms with Crippen LogP contribution in [0.15, 0.2) is 23.9 Å². The lowest BCUT2D eigenvalue weighted by atomic mass is 10.0. The van der Waals surface area contributed by atoms with E-state index in [1.54, 1.807) is 18.2 Å². The molecule has 7 heteroatoms. The fourth-order valence-corrected chi connectivity index (χ4v) is 4.17. The molecule has 0 aromatic heterocycles. The number of nitrogens with zero attached hydrogens (tertiary/aromatic N) is 2. The van der Waals surface area contributed by atoms with Crippen molar-refractivity contribution in [3.63, 3.8) is 0 Å². The second-order valence-electron chi connectivity index (χ2n) is 7.13. The predicted molar refractivity (Wildman–Crippen MR) is 107 cm³/mol. The molecule has 0 N–H and O–H groups in total. The summed E-state index contributed by atoms with van der Waals surface area (Å²) in [4.78, 5) is 29.7. The van der Waals surface area contributed by atoms with Crippen LogP contribution in [-0.4, -0.2) is 53.5 Å². The van der Waals surface area contributed by atoms with E-state index < -0.39 is 0 Å². The topological polar surface area (TPSA) is 49.9 Å². The van der Waals surface area contributed by atoms with E-state index in [2.05, 4.69) is 0 Å². The first-order chi connectivity index (χ1) is 12.8. The fraction of sp³-hybridized carbons (Fsp3) is 0.500. The molecular formula is C20H24Cl2N2O3. The Morgan fingerprint density at radius 3 is 2.37 bits per heavy atom. The van der Waals surface area contributed by atoms with Gasteiger partial charge in [-0.15, -0.1) is 0 Å². The smallest absolute Gasteiger partial charge is 0.277 e. The van der Waals surface area contributed by atoms with Gasteiger partial charge in [0.2, 0.25) is 0 Å². The summed E-state index contributed by atoms with van der Waals surface area (Å²) in [6.07, 6.45) is 1.60. The molecule has 1 fully saturated rings. The summed E-state index contributed by atoms with van der Waals surface area (Å²) in [5.41, 5.74) is 1.32. The molecular weight excluding hydrogens is 387 g/mol. The van der Waals surface area contributed by atoms with Crippen LogP contribution in [-0.2, 0) is 14.3 Å². The average Bonchev–Trinajstić information content (AvgIpc) is 2.83. The van der Waals surface area contributed by atoms with Gasteiger partial charge >= 0.3 is 0 Å². The molecule has 146 valence electrons. The Bertz CT molecular complexity index is 783. The minimum atomic E-state index is -0.292. The van der Waals surface area contributed by atoms with Crippen molar-refractivity contribution in [1.82, 2.24) is 9.80 Å². The number of carbonyl (C=O) groups excluding carboxylic acids is 2. The number of amides is 2. The second kappa shape index (κ2) is 8.21. The number of unbranched alkanes of at least 4 members (excludes halogenated alkanes) is 1. The standard InChI is InChI=1S/C20H24Cl2N2O3/c1-4-5-8-24-19(25)17(15-7-6-14(21)9-16(15)22)18(20(24)26)23-10-12(2)27-13(3)11-23/h6-7,9,12-13H,4-5,8,10-11H2,1-3H3. The maximum atomic E-state index is 13.2. The number of benzene rings is 1. The van der Waals surface area contributed by atoms with Crippen LogP contribution in [0.1, 0.15) is 39.2 Å². The molecule has 2 amide bonds. The van der Waals surface area contributed by atoms with Crippen LogP contribution in [0.3, 0.4) is 0 Å². The molecule has 1 aromatic carbocycles. The molecule has 0 radical (unpaired) electrons. The van der Waals surface area contributed by atoms with Gasteiger partial charge < -0.3 is 9.64 Å². The quantitative estimate of drug-likeness (QED) is 0.688. The van der Waals surface area contributed by atoms with Crippen molar-refractivity contribution in [2.45, 2.75) is 45.8 Å². The van der Waals surface area contributed by atoms with Crippen LogP contribution in [0.4, 0.5) is 0 Å². The van der Waals surface area contributed by atoms with Gasteiger partial charge in [-0.25, -0.2) is 0 Å². The van der Waals surface area contributed by atoms with E-state index in [4.69, 9.17) is 27.9 Å². The maximum absolute atomic E-state index is 13.2. The van der Waals surface area contributed by atoms with E-state index in [9.17, 15) is 9.59 Å². The van der Waals surface area contributed by atoms with Crippen LogP contribution in [0.5, 0.6) is 0 Å². The van der Waals surface area contributed by atoms with Crippen molar-refractivity contribution in [3.8, 4) is 0 Å². The highest BCUT2D eigenvalue weighted by Crippen LogP contribution is 2.37. The first-order valence-corrected chi connectivity index (χ1v) is 10.0. The molecule has 2 aliphatic heterocycles. The summed E-state index contributed by atoms with van der Waals surface area (Å²) in [7, 11) is 0. The van der Waals surface area contributed by atoms with Gasteiger partial charge in [-0.3, -0.25) is 14.5 Å². The minimum absolute atomic E-state index is 0.0317. The van der Waals surface area contributed by atoms with Crippen molar-refractivity contribution in [1.29, 1.82) is 0 Å². The van der Waals surface area contributed by atoms with Gasteiger partial charge in [-0.2, -0.15) is 0 Å². The van der Waals surface area contributed by atoms with E-state index in [1.807, 2.05) is 25.7 Å². The van der Waals surface area contributed by atoms with Crippen LogP contribution in [0.2, 0.25) is 10.0 Å². The molecule has 2 aliphatic rings. The normalized spacial score (nSPS) is 23.6. The number of hydrogen-bond acceptors (Lipinski definition) is 4. The number of imide groups is 1.